The van der Waals surface area contributed by atoms with Gasteiger partial charge in [-0.05, 0) is 31.5 Å². The third-order valence-electron chi connectivity index (χ3n) is 3.28. The van der Waals surface area contributed by atoms with Crippen molar-refractivity contribution >= 4 is 0 Å². The van der Waals surface area contributed by atoms with Crippen LogP contribution in [0.1, 0.15) is 25.0 Å². The highest BCUT2D eigenvalue weighted by atomic mass is 19.1. The van der Waals surface area contributed by atoms with Gasteiger partial charge in [-0.1, -0.05) is 6.92 Å². The third-order valence-corrected chi connectivity index (χ3v) is 3.28. The number of nitrogens with zero attached hydrogens (tertiary/aromatic N) is 1. The molecule has 1 fully saturated rings. The fourth-order valence-corrected chi connectivity index (χ4v) is 2.16. The van der Waals surface area contributed by atoms with E-state index in [0.717, 1.165) is 12.1 Å². The van der Waals surface area contributed by atoms with Gasteiger partial charge in [0.25, 0.3) is 0 Å². The van der Waals surface area contributed by atoms with Crippen LogP contribution in [0.4, 0.5) is 4.39 Å². The first-order valence-electron chi connectivity index (χ1n) is 5.01. The summed E-state index contributed by atoms with van der Waals surface area (Å²) >= 11 is 0. The van der Waals surface area contributed by atoms with Gasteiger partial charge in [-0.3, -0.25) is 4.98 Å². The van der Waals surface area contributed by atoms with Gasteiger partial charge in [-0.25, -0.2) is 4.39 Å². The van der Waals surface area contributed by atoms with E-state index < -0.39 is 0 Å². The van der Waals surface area contributed by atoms with Gasteiger partial charge in [-0.15, -0.1) is 0 Å². The lowest BCUT2D eigenvalue weighted by Crippen LogP contribution is -2.46. The SMILES string of the molecule is CNC1CC(c2ccc(F)cn2)C1C. The van der Waals surface area contributed by atoms with Gasteiger partial charge in [0.15, 0.2) is 0 Å². The van der Waals surface area contributed by atoms with E-state index in [1.165, 1.54) is 12.3 Å². The number of pyridine rings is 1. The summed E-state index contributed by atoms with van der Waals surface area (Å²) in [6.07, 6.45) is 2.41. The van der Waals surface area contributed by atoms with Crippen LogP contribution in [0.25, 0.3) is 0 Å². The molecule has 1 aliphatic rings. The number of aromatic nitrogens is 1. The maximum atomic E-state index is 12.6. The van der Waals surface area contributed by atoms with Gasteiger partial charge in [-0.2, -0.15) is 0 Å². The zero-order valence-corrected chi connectivity index (χ0v) is 8.50. The van der Waals surface area contributed by atoms with E-state index in [9.17, 15) is 4.39 Å². The van der Waals surface area contributed by atoms with E-state index in [0.29, 0.717) is 17.9 Å². The van der Waals surface area contributed by atoms with Crippen LogP contribution in [0.15, 0.2) is 18.3 Å². The van der Waals surface area contributed by atoms with Crippen molar-refractivity contribution in [2.45, 2.75) is 25.3 Å². The highest BCUT2D eigenvalue weighted by Crippen LogP contribution is 2.41. The number of halogens is 1. The van der Waals surface area contributed by atoms with E-state index in [2.05, 4.69) is 17.2 Å². The molecule has 2 nitrogen and oxygen atoms in total. The van der Waals surface area contributed by atoms with Crippen molar-refractivity contribution in [3.8, 4) is 0 Å². The van der Waals surface area contributed by atoms with Gasteiger partial charge in [0.05, 0.1) is 6.20 Å². The first-order valence-corrected chi connectivity index (χ1v) is 5.01. The fraction of sp³-hybridized carbons (Fsp3) is 0.545. The first kappa shape index (κ1) is 9.59. The van der Waals surface area contributed by atoms with E-state index in [-0.39, 0.29) is 5.82 Å². The molecule has 0 aliphatic heterocycles. The third kappa shape index (κ3) is 1.52. The molecule has 1 saturated carbocycles. The molecule has 0 spiro atoms. The maximum Gasteiger partial charge on any atom is 0.141 e. The molecule has 1 aliphatic carbocycles. The summed E-state index contributed by atoms with van der Waals surface area (Å²) in [6, 6.07) is 3.87. The molecule has 14 heavy (non-hydrogen) atoms. The summed E-state index contributed by atoms with van der Waals surface area (Å²) in [4.78, 5) is 4.12. The molecule has 2 rings (SSSR count). The average molecular weight is 194 g/mol. The molecule has 3 unspecified atom stereocenters. The van der Waals surface area contributed by atoms with Crippen molar-refractivity contribution in [3.05, 3.63) is 29.8 Å². The number of hydrogen-bond acceptors (Lipinski definition) is 2. The van der Waals surface area contributed by atoms with Crippen LogP contribution < -0.4 is 5.32 Å². The van der Waals surface area contributed by atoms with Crippen molar-refractivity contribution < 1.29 is 4.39 Å². The van der Waals surface area contributed by atoms with Gasteiger partial charge in [0, 0.05) is 17.7 Å². The standard InChI is InChI=1S/C11H15FN2/c1-7-9(5-11(7)13-2)10-4-3-8(12)6-14-10/h3-4,6-7,9,11,13H,5H2,1-2H3. The van der Waals surface area contributed by atoms with Crippen LogP contribution >= 0.6 is 0 Å². The Morgan fingerprint density at radius 3 is 2.79 bits per heavy atom. The molecule has 1 heterocycles. The molecule has 1 aromatic heterocycles. The van der Waals surface area contributed by atoms with Crippen LogP contribution in [-0.2, 0) is 0 Å². The molecule has 76 valence electrons. The molecule has 3 atom stereocenters. The predicted molar refractivity (Wildman–Crippen MR) is 53.6 cm³/mol. The molecule has 0 saturated heterocycles. The van der Waals surface area contributed by atoms with Crippen LogP contribution in [-0.4, -0.2) is 18.1 Å². The van der Waals surface area contributed by atoms with Crippen molar-refractivity contribution in [2.75, 3.05) is 7.05 Å². The summed E-state index contributed by atoms with van der Waals surface area (Å²) in [7, 11) is 1.98. The molecule has 0 radical (unpaired) electrons. The normalized spacial score (nSPS) is 31.2. The average Bonchev–Trinajstić information content (AvgIpc) is 2.19. The van der Waals surface area contributed by atoms with Gasteiger partial charge in [0.1, 0.15) is 5.82 Å². The van der Waals surface area contributed by atoms with Crippen LogP contribution in [0.3, 0.4) is 0 Å². The predicted octanol–water partition coefficient (Wildman–Crippen LogP) is 1.93. The van der Waals surface area contributed by atoms with Crippen molar-refractivity contribution in [3.63, 3.8) is 0 Å². The highest BCUT2D eigenvalue weighted by molar-refractivity contribution is 5.17. The lowest BCUT2D eigenvalue weighted by molar-refractivity contribution is 0.190. The van der Waals surface area contributed by atoms with Crippen molar-refractivity contribution in [1.29, 1.82) is 0 Å². The molecule has 0 aromatic carbocycles. The Hall–Kier alpha value is -0.960. The minimum atomic E-state index is -0.258. The van der Waals surface area contributed by atoms with Crippen molar-refractivity contribution in [2.24, 2.45) is 5.92 Å². The topological polar surface area (TPSA) is 24.9 Å². The second-order valence-electron chi connectivity index (χ2n) is 4.00. The van der Waals surface area contributed by atoms with E-state index >= 15 is 0 Å². The Labute approximate surface area is 83.6 Å². The molecular weight excluding hydrogens is 179 g/mol. The molecule has 1 aromatic rings. The van der Waals surface area contributed by atoms with Crippen LogP contribution in [0.2, 0.25) is 0 Å². The molecule has 1 N–H and O–H groups in total. The molecule has 0 bridgehead atoms. The summed E-state index contributed by atoms with van der Waals surface area (Å²) in [6.45, 7) is 2.21. The zero-order chi connectivity index (χ0) is 10.1. The summed E-state index contributed by atoms with van der Waals surface area (Å²) in [5.74, 6) is 0.830. The number of nitrogens with one attached hydrogen (secondary N) is 1. The van der Waals surface area contributed by atoms with Gasteiger partial charge in [0.2, 0.25) is 0 Å². The number of rotatable bonds is 2. The van der Waals surface area contributed by atoms with E-state index in [1.807, 2.05) is 7.05 Å². The first-order chi connectivity index (χ1) is 6.72. The minimum Gasteiger partial charge on any atom is -0.317 e. The van der Waals surface area contributed by atoms with Gasteiger partial charge < -0.3 is 5.32 Å². The summed E-state index contributed by atoms with van der Waals surface area (Å²) in [5.41, 5.74) is 1.02. The fourth-order valence-electron chi connectivity index (χ4n) is 2.16. The van der Waals surface area contributed by atoms with E-state index in [1.54, 1.807) is 6.07 Å². The van der Waals surface area contributed by atoms with Crippen molar-refractivity contribution in [1.82, 2.24) is 10.3 Å². The smallest absolute Gasteiger partial charge is 0.141 e. The Morgan fingerprint density at radius 2 is 2.29 bits per heavy atom. The molecule has 3 heteroatoms. The lowest BCUT2D eigenvalue weighted by atomic mass is 9.68. The lowest BCUT2D eigenvalue weighted by Gasteiger charge is -2.42. The monoisotopic (exact) mass is 194 g/mol. The van der Waals surface area contributed by atoms with Crippen LogP contribution in [0, 0.1) is 11.7 Å². The van der Waals surface area contributed by atoms with E-state index in [4.69, 9.17) is 0 Å². The van der Waals surface area contributed by atoms with Crippen LogP contribution in [0.5, 0.6) is 0 Å². The summed E-state index contributed by atoms with van der Waals surface area (Å²) in [5, 5.41) is 3.26. The second-order valence-corrected chi connectivity index (χ2v) is 4.00. The number of hydrogen-bond donors (Lipinski definition) is 1. The Balaban J connectivity index is 2.07. The quantitative estimate of drug-likeness (QED) is 0.778. The second kappa shape index (κ2) is 3.65. The zero-order valence-electron chi connectivity index (χ0n) is 8.50. The van der Waals surface area contributed by atoms with Gasteiger partial charge >= 0.3 is 0 Å². The highest BCUT2D eigenvalue weighted by Gasteiger charge is 2.38. The molecule has 0 amide bonds. The minimum absolute atomic E-state index is 0.258. The Morgan fingerprint density at radius 1 is 1.50 bits per heavy atom. The Kier molecular flexibility index (Phi) is 2.50. The summed E-state index contributed by atoms with van der Waals surface area (Å²) < 4.78 is 12.6. The maximum absolute atomic E-state index is 12.6. The largest absolute Gasteiger partial charge is 0.317 e. The Bertz CT molecular complexity index is 310. The molecular formula is C11H15FN2.